The number of amides is 2. The Morgan fingerprint density at radius 2 is 2.07 bits per heavy atom. The zero-order valence-corrected chi connectivity index (χ0v) is 15.4. The van der Waals surface area contributed by atoms with Gasteiger partial charge in [-0.2, -0.15) is 0 Å². The number of halogens is 1. The fourth-order valence-electron chi connectivity index (χ4n) is 3.75. The molecule has 1 fully saturated rings. The minimum absolute atomic E-state index is 0.332. The number of nitrogens with two attached hydrogens (primary N) is 1. The Bertz CT molecular complexity index is 881. The average molecular weight is 386 g/mol. The van der Waals surface area contributed by atoms with Crippen molar-refractivity contribution in [2.24, 2.45) is 5.73 Å². The number of imide groups is 1. The second-order valence-corrected chi connectivity index (χ2v) is 7.36. The number of hydrogen-bond donors (Lipinski definition) is 2. The Labute approximate surface area is 162 Å². The quantitative estimate of drug-likeness (QED) is 0.848. The summed E-state index contributed by atoms with van der Waals surface area (Å²) in [6.07, 6.45) is 0.269. The van der Waals surface area contributed by atoms with Crippen LogP contribution in [0.2, 0.25) is 5.02 Å². The van der Waals surface area contributed by atoms with E-state index in [-0.39, 0.29) is 0 Å². The van der Waals surface area contributed by atoms with Gasteiger partial charge < -0.3 is 15.8 Å². The van der Waals surface area contributed by atoms with Gasteiger partial charge in [-0.1, -0.05) is 41.9 Å². The first-order chi connectivity index (χ1) is 13.0. The van der Waals surface area contributed by atoms with Crippen molar-refractivity contribution in [1.82, 2.24) is 5.32 Å². The maximum atomic E-state index is 13.0. The van der Waals surface area contributed by atoms with Crippen molar-refractivity contribution in [2.45, 2.75) is 24.5 Å². The number of nitrogens with zero attached hydrogens (tertiary/aromatic N) is 1. The zero-order valence-electron chi connectivity index (χ0n) is 14.7. The van der Waals surface area contributed by atoms with Crippen LogP contribution in [0.3, 0.4) is 0 Å². The lowest BCUT2D eigenvalue weighted by molar-refractivity contribution is -0.120. The van der Waals surface area contributed by atoms with Gasteiger partial charge in [-0.05, 0) is 36.7 Å². The van der Waals surface area contributed by atoms with Gasteiger partial charge in [0.25, 0.3) is 5.91 Å². The van der Waals surface area contributed by atoms with E-state index >= 15 is 0 Å². The number of nitrogens with one attached hydrogen (secondary N) is 1. The van der Waals surface area contributed by atoms with Crippen LogP contribution >= 0.6 is 11.6 Å². The summed E-state index contributed by atoms with van der Waals surface area (Å²) in [6, 6.07) is 13.7. The molecule has 0 aliphatic carbocycles. The molecule has 0 unspecified atom stereocenters. The molecule has 140 valence electrons. The second-order valence-electron chi connectivity index (χ2n) is 6.92. The highest BCUT2D eigenvalue weighted by molar-refractivity contribution is 6.31. The first kappa shape index (κ1) is 18.0. The summed E-state index contributed by atoms with van der Waals surface area (Å²) in [6.45, 7) is 1.21. The Kier molecular flexibility index (Phi) is 4.63. The van der Waals surface area contributed by atoms with E-state index in [1.54, 1.807) is 18.2 Å². The van der Waals surface area contributed by atoms with E-state index in [0.717, 1.165) is 22.6 Å². The van der Waals surface area contributed by atoms with Crippen molar-refractivity contribution in [1.29, 1.82) is 0 Å². The number of carbonyl (C=O) groups excluding carboxylic acids is 2. The summed E-state index contributed by atoms with van der Waals surface area (Å²) in [5, 5.41) is 3.74. The Hall–Kier alpha value is -2.41. The maximum absolute atomic E-state index is 13.0. The molecular formula is C20H20ClN3O3. The molecule has 2 amide bonds. The van der Waals surface area contributed by atoms with Gasteiger partial charge in [0, 0.05) is 23.6 Å². The molecule has 2 aliphatic rings. The van der Waals surface area contributed by atoms with Crippen LogP contribution in [-0.4, -0.2) is 31.1 Å². The topological polar surface area (TPSA) is 84.7 Å². The monoisotopic (exact) mass is 385 g/mol. The van der Waals surface area contributed by atoms with Gasteiger partial charge in [0.1, 0.15) is 0 Å². The highest BCUT2D eigenvalue weighted by Crippen LogP contribution is 2.44. The molecule has 1 saturated heterocycles. The number of carbonyl (C=O) groups is 2. The fourth-order valence-corrected chi connectivity index (χ4v) is 3.92. The van der Waals surface area contributed by atoms with Gasteiger partial charge >= 0.3 is 6.09 Å². The summed E-state index contributed by atoms with van der Waals surface area (Å²) >= 11 is 6.18. The van der Waals surface area contributed by atoms with Crippen LogP contribution in [0.15, 0.2) is 48.5 Å². The van der Waals surface area contributed by atoms with E-state index in [0.29, 0.717) is 30.1 Å². The van der Waals surface area contributed by atoms with Gasteiger partial charge in [-0.15, -0.1) is 0 Å². The highest BCUT2D eigenvalue weighted by Gasteiger charge is 2.49. The molecule has 27 heavy (non-hydrogen) atoms. The van der Waals surface area contributed by atoms with E-state index in [9.17, 15) is 9.59 Å². The third kappa shape index (κ3) is 3.20. The van der Waals surface area contributed by atoms with E-state index < -0.39 is 23.6 Å². The van der Waals surface area contributed by atoms with Crippen LogP contribution < -0.4 is 16.0 Å². The van der Waals surface area contributed by atoms with Crippen molar-refractivity contribution in [3.05, 3.63) is 64.7 Å². The Balaban J connectivity index is 1.68. The van der Waals surface area contributed by atoms with Crippen LogP contribution in [0.5, 0.6) is 0 Å². The summed E-state index contributed by atoms with van der Waals surface area (Å²) in [5.41, 5.74) is 7.50. The number of hydrogen-bond acceptors (Lipinski definition) is 5. The molecule has 1 spiro atoms. The predicted octanol–water partition coefficient (Wildman–Crippen LogP) is 2.58. The summed E-state index contributed by atoms with van der Waals surface area (Å²) in [4.78, 5) is 26.8. The van der Waals surface area contributed by atoms with Crippen LogP contribution in [0.4, 0.5) is 10.5 Å². The summed E-state index contributed by atoms with van der Waals surface area (Å²) in [5.74, 6) is -0.492. The normalized spacial score (nSPS) is 22.4. The molecule has 6 nitrogen and oxygen atoms in total. The standard InChI is InChI=1S/C20H20ClN3O3/c21-14-6-7-17-15(11-14)20(8-9-23-12-20)27-19(26)24(17)18(25)16(22)10-13-4-2-1-3-5-13/h1-7,11,16,23H,8-10,12,22H2/t16-,20-/m0/s1. The summed E-state index contributed by atoms with van der Waals surface area (Å²) < 4.78 is 5.74. The second kappa shape index (κ2) is 6.96. The molecule has 2 aromatic carbocycles. The van der Waals surface area contributed by atoms with Gasteiger partial charge in [-0.25, -0.2) is 9.69 Å². The molecule has 2 aliphatic heterocycles. The van der Waals surface area contributed by atoms with Crippen molar-refractivity contribution in [3.8, 4) is 0 Å². The van der Waals surface area contributed by atoms with Gasteiger partial charge in [0.05, 0.1) is 11.7 Å². The smallest absolute Gasteiger partial charge is 0.422 e. The molecule has 0 aromatic heterocycles. The first-order valence-electron chi connectivity index (χ1n) is 8.87. The number of benzene rings is 2. The SMILES string of the molecule is N[C@@H](Cc1ccccc1)C(=O)N1C(=O)O[C@]2(CCNC2)c2cc(Cl)ccc21. The zero-order chi connectivity index (χ0) is 19.0. The van der Waals surface area contributed by atoms with Crippen molar-refractivity contribution in [3.63, 3.8) is 0 Å². The highest BCUT2D eigenvalue weighted by atomic mass is 35.5. The van der Waals surface area contributed by atoms with E-state index in [1.807, 2.05) is 30.3 Å². The molecule has 7 heteroatoms. The largest absolute Gasteiger partial charge is 0.436 e. The van der Waals surface area contributed by atoms with Gasteiger partial charge in [0.2, 0.25) is 0 Å². The van der Waals surface area contributed by atoms with Crippen molar-refractivity contribution >= 4 is 29.3 Å². The minimum atomic E-state index is -0.862. The fraction of sp³-hybridized carbons (Fsp3) is 0.300. The van der Waals surface area contributed by atoms with E-state index in [1.165, 1.54) is 0 Å². The molecule has 2 atom stereocenters. The lowest BCUT2D eigenvalue weighted by Crippen LogP contribution is -2.54. The van der Waals surface area contributed by atoms with Crippen LogP contribution in [0.25, 0.3) is 0 Å². The van der Waals surface area contributed by atoms with Gasteiger partial charge in [-0.3, -0.25) is 4.79 Å². The molecule has 3 N–H and O–H groups in total. The van der Waals surface area contributed by atoms with Crippen LogP contribution in [-0.2, 0) is 21.6 Å². The van der Waals surface area contributed by atoms with Crippen molar-refractivity contribution < 1.29 is 14.3 Å². The molecule has 0 radical (unpaired) electrons. The molecule has 4 rings (SSSR count). The Morgan fingerprint density at radius 3 is 2.78 bits per heavy atom. The number of ether oxygens (including phenoxy) is 1. The summed E-state index contributed by atoms with van der Waals surface area (Å²) in [7, 11) is 0. The third-order valence-corrected chi connectivity index (χ3v) is 5.34. The predicted molar refractivity (Wildman–Crippen MR) is 103 cm³/mol. The Morgan fingerprint density at radius 1 is 1.30 bits per heavy atom. The average Bonchev–Trinajstić information content (AvgIpc) is 3.12. The maximum Gasteiger partial charge on any atom is 0.422 e. The number of rotatable bonds is 3. The lowest BCUT2D eigenvalue weighted by atomic mass is 9.89. The van der Waals surface area contributed by atoms with E-state index in [2.05, 4.69) is 5.32 Å². The molecule has 0 bridgehead atoms. The van der Waals surface area contributed by atoms with Crippen LogP contribution in [0, 0.1) is 0 Å². The third-order valence-electron chi connectivity index (χ3n) is 5.11. The van der Waals surface area contributed by atoms with Crippen LogP contribution in [0.1, 0.15) is 17.5 Å². The van der Waals surface area contributed by atoms with E-state index in [4.69, 9.17) is 22.1 Å². The number of anilines is 1. The minimum Gasteiger partial charge on any atom is -0.436 e. The lowest BCUT2D eigenvalue weighted by Gasteiger charge is -2.39. The molecule has 2 heterocycles. The van der Waals surface area contributed by atoms with Gasteiger partial charge in [0.15, 0.2) is 5.60 Å². The first-order valence-corrected chi connectivity index (χ1v) is 9.25. The molecule has 0 saturated carbocycles. The number of fused-ring (bicyclic) bond motifs is 2. The molecule has 2 aromatic rings. The van der Waals surface area contributed by atoms with Crippen molar-refractivity contribution in [2.75, 3.05) is 18.0 Å². The molecular weight excluding hydrogens is 366 g/mol.